The van der Waals surface area contributed by atoms with Crippen molar-refractivity contribution in [3.63, 3.8) is 0 Å². The second kappa shape index (κ2) is 7.50. The Morgan fingerprint density at radius 1 is 1.16 bits per heavy atom. The fourth-order valence-corrected chi connectivity index (χ4v) is 3.34. The van der Waals surface area contributed by atoms with E-state index in [1.54, 1.807) is 23.3 Å². The summed E-state index contributed by atoms with van der Waals surface area (Å²) < 4.78 is 3.57. The summed E-state index contributed by atoms with van der Waals surface area (Å²) in [5, 5.41) is 20.6. The Bertz CT molecular complexity index is 751. The van der Waals surface area contributed by atoms with Gasteiger partial charge in [0.2, 0.25) is 5.91 Å². The van der Waals surface area contributed by atoms with Crippen LogP contribution in [0.2, 0.25) is 0 Å². The number of carbonyl (C=O) groups excluding carboxylic acids is 1. The Kier molecular flexibility index (Phi) is 5.16. The van der Waals surface area contributed by atoms with E-state index in [9.17, 15) is 14.7 Å². The molecule has 2 N–H and O–H groups in total. The number of carboxylic acids is 1. The van der Waals surface area contributed by atoms with Crippen LogP contribution in [0.4, 0.5) is 5.69 Å². The topological polar surface area (TPSA) is 102 Å². The Balaban J connectivity index is 1.62. The van der Waals surface area contributed by atoms with Crippen molar-refractivity contribution in [1.29, 1.82) is 0 Å². The van der Waals surface area contributed by atoms with Gasteiger partial charge >= 0.3 is 5.97 Å². The van der Waals surface area contributed by atoms with Crippen LogP contribution in [-0.4, -0.2) is 36.5 Å². The van der Waals surface area contributed by atoms with Crippen LogP contribution < -0.4 is 5.32 Å². The molecule has 2 atom stereocenters. The van der Waals surface area contributed by atoms with Gasteiger partial charge in [0.05, 0.1) is 36.5 Å². The highest BCUT2D eigenvalue weighted by Crippen LogP contribution is 2.31. The quantitative estimate of drug-likeness (QED) is 0.833. The Labute approximate surface area is 145 Å². The SMILES string of the molecule is CCn1cc(Cn2cc(NC(=O)[C@H]3CCCC[C@@H]3C(=O)O)cn2)cn1. The number of nitrogens with one attached hydrogen (secondary N) is 1. The van der Waals surface area contributed by atoms with Crippen molar-refractivity contribution in [2.24, 2.45) is 11.8 Å². The predicted molar refractivity (Wildman–Crippen MR) is 90.9 cm³/mol. The molecule has 1 aliphatic rings. The lowest BCUT2D eigenvalue weighted by Gasteiger charge is -2.27. The van der Waals surface area contributed by atoms with E-state index in [-0.39, 0.29) is 5.91 Å². The number of aromatic nitrogens is 4. The molecule has 0 unspecified atom stereocenters. The van der Waals surface area contributed by atoms with Crippen LogP contribution in [0, 0.1) is 11.8 Å². The van der Waals surface area contributed by atoms with E-state index in [1.165, 1.54) is 0 Å². The molecule has 0 bridgehead atoms. The van der Waals surface area contributed by atoms with Gasteiger partial charge in [-0.3, -0.25) is 19.0 Å². The molecular formula is C17H23N5O3. The summed E-state index contributed by atoms with van der Waals surface area (Å²) in [6.45, 7) is 3.40. The number of carboxylic acid groups (broad SMARTS) is 1. The van der Waals surface area contributed by atoms with Crippen molar-refractivity contribution in [2.45, 2.75) is 45.7 Å². The molecule has 1 saturated carbocycles. The largest absolute Gasteiger partial charge is 0.481 e. The standard InChI is InChI=1S/C17H23N5O3/c1-2-21-9-12(7-18-21)10-22-11-13(8-19-22)20-16(23)14-5-3-4-6-15(14)17(24)25/h7-9,11,14-15H,2-6,10H2,1H3,(H,20,23)(H,24,25)/t14-,15-/m0/s1. The maximum atomic E-state index is 12.5. The molecule has 0 saturated heterocycles. The number of carbonyl (C=O) groups is 2. The lowest BCUT2D eigenvalue weighted by Crippen LogP contribution is -2.35. The molecule has 8 nitrogen and oxygen atoms in total. The average molecular weight is 345 g/mol. The van der Waals surface area contributed by atoms with Gasteiger partial charge in [-0.15, -0.1) is 0 Å². The average Bonchev–Trinajstić information content (AvgIpc) is 3.24. The van der Waals surface area contributed by atoms with E-state index < -0.39 is 17.8 Å². The van der Waals surface area contributed by atoms with Crippen molar-refractivity contribution < 1.29 is 14.7 Å². The molecule has 1 amide bonds. The number of nitrogens with zero attached hydrogens (tertiary/aromatic N) is 4. The van der Waals surface area contributed by atoms with Gasteiger partial charge in [-0.05, 0) is 19.8 Å². The fraction of sp³-hybridized carbons (Fsp3) is 0.529. The highest BCUT2D eigenvalue weighted by atomic mass is 16.4. The van der Waals surface area contributed by atoms with Crippen molar-refractivity contribution in [3.05, 3.63) is 30.4 Å². The van der Waals surface area contributed by atoms with Crippen LogP contribution in [-0.2, 0) is 22.7 Å². The van der Waals surface area contributed by atoms with Crippen molar-refractivity contribution in [3.8, 4) is 0 Å². The van der Waals surface area contributed by atoms with Gasteiger partial charge in [-0.2, -0.15) is 10.2 Å². The zero-order valence-electron chi connectivity index (χ0n) is 14.3. The maximum Gasteiger partial charge on any atom is 0.307 e. The number of aliphatic carboxylic acids is 1. The second-order valence-corrected chi connectivity index (χ2v) is 6.46. The van der Waals surface area contributed by atoms with E-state index in [0.717, 1.165) is 24.9 Å². The van der Waals surface area contributed by atoms with E-state index in [1.807, 2.05) is 17.8 Å². The van der Waals surface area contributed by atoms with Crippen LogP contribution >= 0.6 is 0 Å². The normalized spacial score (nSPS) is 20.4. The summed E-state index contributed by atoms with van der Waals surface area (Å²) in [4.78, 5) is 23.8. The summed E-state index contributed by atoms with van der Waals surface area (Å²) in [5.41, 5.74) is 1.61. The molecule has 1 aliphatic carbocycles. The van der Waals surface area contributed by atoms with E-state index >= 15 is 0 Å². The third-order valence-corrected chi connectivity index (χ3v) is 4.68. The van der Waals surface area contributed by atoms with Gasteiger partial charge in [-0.1, -0.05) is 12.8 Å². The number of rotatable bonds is 6. The third kappa shape index (κ3) is 4.07. The first kappa shape index (κ1) is 17.2. The molecule has 2 aromatic rings. The fourth-order valence-electron chi connectivity index (χ4n) is 3.34. The van der Waals surface area contributed by atoms with Crippen LogP contribution in [0.3, 0.4) is 0 Å². The monoisotopic (exact) mass is 345 g/mol. The number of aryl methyl sites for hydroxylation is 1. The highest BCUT2D eigenvalue weighted by Gasteiger charge is 2.35. The highest BCUT2D eigenvalue weighted by molar-refractivity contribution is 5.95. The summed E-state index contributed by atoms with van der Waals surface area (Å²) in [6, 6.07) is 0. The predicted octanol–water partition coefficient (Wildman–Crippen LogP) is 1.98. The number of hydrogen-bond donors (Lipinski definition) is 2. The van der Waals surface area contributed by atoms with Crippen molar-refractivity contribution in [2.75, 3.05) is 5.32 Å². The van der Waals surface area contributed by atoms with E-state index in [0.29, 0.717) is 25.1 Å². The maximum absolute atomic E-state index is 12.5. The van der Waals surface area contributed by atoms with Crippen molar-refractivity contribution in [1.82, 2.24) is 19.6 Å². The zero-order chi connectivity index (χ0) is 17.8. The first-order valence-corrected chi connectivity index (χ1v) is 8.64. The van der Waals surface area contributed by atoms with Gasteiger partial charge in [0, 0.05) is 24.5 Å². The Morgan fingerprint density at radius 3 is 2.56 bits per heavy atom. The Morgan fingerprint density at radius 2 is 1.88 bits per heavy atom. The summed E-state index contributed by atoms with van der Waals surface area (Å²) in [5.74, 6) is -2.19. The lowest BCUT2D eigenvalue weighted by molar-refractivity contribution is -0.147. The molecule has 0 radical (unpaired) electrons. The van der Waals surface area contributed by atoms with Gasteiger partial charge in [0.25, 0.3) is 0 Å². The van der Waals surface area contributed by atoms with E-state index in [2.05, 4.69) is 15.5 Å². The minimum atomic E-state index is -0.886. The van der Waals surface area contributed by atoms with Gasteiger partial charge in [-0.25, -0.2) is 0 Å². The van der Waals surface area contributed by atoms with Crippen LogP contribution in [0.25, 0.3) is 0 Å². The molecule has 0 aromatic carbocycles. The first-order chi connectivity index (χ1) is 12.1. The number of amides is 1. The first-order valence-electron chi connectivity index (χ1n) is 8.64. The Hall–Kier alpha value is -2.64. The van der Waals surface area contributed by atoms with Gasteiger partial charge in [0.1, 0.15) is 0 Å². The van der Waals surface area contributed by atoms with Gasteiger partial charge < -0.3 is 10.4 Å². The molecule has 134 valence electrons. The molecule has 0 spiro atoms. The van der Waals surface area contributed by atoms with Crippen molar-refractivity contribution >= 4 is 17.6 Å². The summed E-state index contributed by atoms with van der Waals surface area (Å²) in [6.07, 6.45) is 10.0. The molecule has 3 rings (SSSR count). The molecule has 25 heavy (non-hydrogen) atoms. The van der Waals surface area contributed by atoms with E-state index in [4.69, 9.17) is 0 Å². The number of anilines is 1. The third-order valence-electron chi connectivity index (χ3n) is 4.68. The van der Waals surface area contributed by atoms with Crippen LogP contribution in [0.5, 0.6) is 0 Å². The molecule has 0 aliphatic heterocycles. The van der Waals surface area contributed by atoms with Gasteiger partial charge in [0.15, 0.2) is 0 Å². The molecule has 1 fully saturated rings. The zero-order valence-corrected chi connectivity index (χ0v) is 14.3. The minimum Gasteiger partial charge on any atom is -0.481 e. The smallest absolute Gasteiger partial charge is 0.307 e. The molecule has 2 heterocycles. The minimum absolute atomic E-state index is 0.231. The second-order valence-electron chi connectivity index (χ2n) is 6.46. The molecule has 2 aromatic heterocycles. The summed E-state index contributed by atoms with van der Waals surface area (Å²) in [7, 11) is 0. The lowest BCUT2D eigenvalue weighted by atomic mass is 9.78. The van der Waals surface area contributed by atoms with Crippen LogP contribution in [0.1, 0.15) is 38.2 Å². The molecule has 8 heteroatoms. The summed E-state index contributed by atoms with van der Waals surface area (Å²) >= 11 is 0. The van der Waals surface area contributed by atoms with Crippen LogP contribution in [0.15, 0.2) is 24.8 Å². The molecular weight excluding hydrogens is 322 g/mol. The number of hydrogen-bond acceptors (Lipinski definition) is 4.